The number of nitro benzene ring substituents is 1. The minimum Gasteiger partial charge on any atom is -0.472 e. The van der Waals surface area contributed by atoms with Crippen LogP contribution in [0.4, 0.5) is 5.69 Å². The van der Waals surface area contributed by atoms with Gasteiger partial charge in [-0.15, -0.1) is 0 Å². The van der Waals surface area contributed by atoms with Crippen LogP contribution in [0.15, 0.2) is 60.9 Å². The van der Waals surface area contributed by atoms with E-state index in [1.807, 2.05) is 37.3 Å². The molecule has 0 unspecified atom stereocenters. The summed E-state index contributed by atoms with van der Waals surface area (Å²) in [5, 5.41) is 16.7. The van der Waals surface area contributed by atoms with E-state index < -0.39 is 5.97 Å². The van der Waals surface area contributed by atoms with Gasteiger partial charge < -0.3 is 9.47 Å². The Balaban J connectivity index is 1.79. The lowest BCUT2D eigenvalue weighted by atomic mass is 9.86. The molecule has 0 aliphatic carbocycles. The van der Waals surface area contributed by atoms with Crippen molar-refractivity contribution in [1.29, 1.82) is 0 Å². The highest BCUT2D eigenvalue weighted by Crippen LogP contribution is 2.42. The maximum Gasteiger partial charge on any atom is 0.327 e. The minimum absolute atomic E-state index is 0.00197. The standard InChI is InChI=1S/C26H22N4O5/c1-3-20(16-6-4-7-19(10-16)30(32)33)25-21-8-5-9-27-26(21)35-15-18-12-23-17(11-22(18)25)13-28-29(23)14-24(31)34-2/h4-13H,3,14-15H2,1-2H3. The van der Waals surface area contributed by atoms with Crippen LogP contribution in [0.5, 0.6) is 5.88 Å². The van der Waals surface area contributed by atoms with Crippen LogP contribution in [0.3, 0.4) is 0 Å². The number of pyridine rings is 1. The largest absolute Gasteiger partial charge is 0.472 e. The molecule has 0 bridgehead atoms. The number of carbonyl (C=O) groups excluding carboxylic acids is 1. The number of rotatable bonds is 5. The highest BCUT2D eigenvalue weighted by Gasteiger charge is 2.25. The predicted molar refractivity (Wildman–Crippen MR) is 130 cm³/mol. The fourth-order valence-corrected chi connectivity index (χ4v) is 4.48. The quantitative estimate of drug-likeness (QED) is 0.235. The molecule has 0 N–H and O–H groups in total. The van der Waals surface area contributed by atoms with Crippen molar-refractivity contribution in [2.45, 2.75) is 26.5 Å². The van der Waals surface area contributed by atoms with Crippen molar-refractivity contribution in [1.82, 2.24) is 14.8 Å². The molecule has 9 nitrogen and oxygen atoms in total. The molecule has 2 aromatic carbocycles. The van der Waals surface area contributed by atoms with Crippen LogP contribution in [0.1, 0.15) is 35.6 Å². The van der Waals surface area contributed by atoms with Crippen LogP contribution in [-0.2, 0) is 22.7 Å². The van der Waals surface area contributed by atoms with Gasteiger partial charge in [0.15, 0.2) is 0 Å². The molecule has 0 amide bonds. The van der Waals surface area contributed by atoms with Crippen molar-refractivity contribution in [2.24, 2.45) is 0 Å². The Morgan fingerprint density at radius 3 is 2.83 bits per heavy atom. The van der Waals surface area contributed by atoms with E-state index in [0.29, 0.717) is 12.3 Å². The fraction of sp³-hybridized carbons (Fsp3) is 0.192. The summed E-state index contributed by atoms with van der Waals surface area (Å²) in [5.74, 6) is 0.104. The Hall–Kier alpha value is -4.53. The summed E-state index contributed by atoms with van der Waals surface area (Å²) in [5.41, 5.74) is 6.08. The molecular formula is C26H22N4O5. The highest BCUT2D eigenvalue weighted by molar-refractivity contribution is 6.02. The van der Waals surface area contributed by atoms with Gasteiger partial charge in [-0.1, -0.05) is 19.1 Å². The van der Waals surface area contributed by atoms with E-state index in [4.69, 9.17) is 9.47 Å². The number of aromatic nitrogens is 3. The molecule has 35 heavy (non-hydrogen) atoms. The third-order valence-electron chi connectivity index (χ3n) is 6.11. The molecule has 0 atom stereocenters. The van der Waals surface area contributed by atoms with Crippen molar-refractivity contribution in [3.05, 3.63) is 93.3 Å². The topological polar surface area (TPSA) is 109 Å². The molecule has 9 heteroatoms. The van der Waals surface area contributed by atoms with Crippen LogP contribution in [0.25, 0.3) is 22.0 Å². The van der Waals surface area contributed by atoms with Gasteiger partial charge >= 0.3 is 5.97 Å². The Morgan fingerprint density at radius 1 is 1.20 bits per heavy atom. The molecule has 2 aromatic heterocycles. The van der Waals surface area contributed by atoms with E-state index in [2.05, 4.69) is 10.1 Å². The Kier molecular flexibility index (Phi) is 5.74. The number of hydrogen-bond donors (Lipinski definition) is 0. The zero-order valence-electron chi connectivity index (χ0n) is 19.2. The van der Waals surface area contributed by atoms with Gasteiger partial charge in [0.25, 0.3) is 5.69 Å². The van der Waals surface area contributed by atoms with Crippen LogP contribution in [0, 0.1) is 10.1 Å². The summed E-state index contributed by atoms with van der Waals surface area (Å²) in [7, 11) is 1.34. The molecule has 0 radical (unpaired) electrons. The summed E-state index contributed by atoms with van der Waals surface area (Å²) in [6.45, 7) is 2.29. The third-order valence-corrected chi connectivity index (χ3v) is 6.11. The number of allylic oxidation sites excluding steroid dienone is 1. The molecular weight excluding hydrogens is 448 g/mol. The van der Waals surface area contributed by atoms with Gasteiger partial charge in [0.2, 0.25) is 5.88 Å². The van der Waals surface area contributed by atoms with Crippen molar-refractivity contribution >= 4 is 33.7 Å². The van der Waals surface area contributed by atoms with E-state index in [9.17, 15) is 14.9 Å². The first-order valence-corrected chi connectivity index (χ1v) is 11.1. The summed E-state index contributed by atoms with van der Waals surface area (Å²) in [6, 6.07) is 14.5. The second-order valence-electron chi connectivity index (χ2n) is 8.11. The molecule has 0 spiro atoms. The van der Waals surface area contributed by atoms with Gasteiger partial charge in [-0.3, -0.25) is 19.6 Å². The summed E-state index contributed by atoms with van der Waals surface area (Å²) in [6.07, 6.45) is 4.02. The van der Waals surface area contributed by atoms with Gasteiger partial charge in [0.1, 0.15) is 13.2 Å². The molecule has 0 saturated carbocycles. The first kappa shape index (κ1) is 22.3. The first-order chi connectivity index (χ1) is 17.0. The zero-order chi connectivity index (χ0) is 24.5. The number of benzene rings is 2. The number of esters is 1. The lowest BCUT2D eigenvalue weighted by Crippen LogP contribution is -2.12. The number of fused-ring (bicyclic) bond motifs is 3. The van der Waals surface area contributed by atoms with Crippen molar-refractivity contribution in [3.8, 4) is 5.88 Å². The van der Waals surface area contributed by atoms with Crippen molar-refractivity contribution < 1.29 is 19.2 Å². The summed E-state index contributed by atoms with van der Waals surface area (Å²) < 4.78 is 12.5. The Labute approximate surface area is 200 Å². The predicted octanol–water partition coefficient (Wildman–Crippen LogP) is 4.77. The van der Waals surface area contributed by atoms with Gasteiger partial charge in [0.05, 0.1) is 23.7 Å². The first-order valence-electron chi connectivity index (χ1n) is 11.1. The molecule has 4 aromatic rings. The lowest BCUT2D eigenvalue weighted by molar-refractivity contribution is -0.384. The van der Waals surface area contributed by atoms with E-state index in [0.717, 1.165) is 44.3 Å². The maximum absolute atomic E-state index is 11.9. The van der Waals surface area contributed by atoms with E-state index >= 15 is 0 Å². The number of ether oxygens (including phenoxy) is 2. The molecule has 1 aliphatic rings. The van der Waals surface area contributed by atoms with Crippen LogP contribution in [-0.4, -0.2) is 32.8 Å². The number of hydrogen-bond acceptors (Lipinski definition) is 7. The maximum atomic E-state index is 11.9. The van der Waals surface area contributed by atoms with Crippen molar-refractivity contribution in [2.75, 3.05) is 7.11 Å². The summed E-state index contributed by atoms with van der Waals surface area (Å²) >= 11 is 0. The molecule has 1 aliphatic heterocycles. The summed E-state index contributed by atoms with van der Waals surface area (Å²) in [4.78, 5) is 27.4. The second kappa shape index (κ2) is 9.02. The van der Waals surface area contributed by atoms with E-state index in [1.54, 1.807) is 29.2 Å². The minimum atomic E-state index is -0.391. The average molecular weight is 470 g/mol. The number of carbonyl (C=O) groups is 1. The third kappa shape index (κ3) is 4.01. The second-order valence-corrected chi connectivity index (χ2v) is 8.11. The normalized spacial score (nSPS) is 13.9. The van der Waals surface area contributed by atoms with Gasteiger partial charge in [-0.25, -0.2) is 4.98 Å². The fourth-order valence-electron chi connectivity index (χ4n) is 4.48. The molecule has 176 valence electrons. The van der Waals surface area contributed by atoms with Crippen LogP contribution >= 0.6 is 0 Å². The molecule has 5 rings (SSSR count). The number of non-ortho nitro benzene ring substituents is 1. The smallest absolute Gasteiger partial charge is 0.327 e. The monoisotopic (exact) mass is 470 g/mol. The zero-order valence-corrected chi connectivity index (χ0v) is 19.2. The van der Waals surface area contributed by atoms with Gasteiger partial charge in [0, 0.05) is 29.3 Å². The number of nitrogens with zero attached hydrogens (tertiary/aromatic N) is 4. The molecule has 0 saturated heterocycles. The SMILES string of the molecule is CCC(=C1c2cc3cnn(CC(=O)OC)c3cc2COc2ncccc21)c1cccc([N+](=O)[O-])c1. The van der Waals surface area contributed by atoms with Crippen molar-refractivity contribution in [3.63, 3.8) is 0 Å². The van der Waals surface area contributed by atoms with E-state index in [1.165, 1.54) is 13.2 Å². The number of methoxy groups -OCH3 is 1. The van der Waals surface area contributed by atoms with Gasteiger partial charge in [-0.2, -0.15) is 5.10 Å². The number of nitro groups is 1. The molecule has 3 heterocycles. The lowest BCUT2D eigenvalue weighted by Gasteiger charge is -2.17. The van der Waals surface area contributed by atoms with Crippen LogP contribution in [0.2, 0.25) is 0 Å². The molecule has 0 fully saturated rings. The van der Waals surface area contributed by atoms with Crippen LogP contribution < -0.4 is 4.74 Å². The van der Waals surface area contributed by atoms with E-state index in [-0.39, 0.29) is 23.8 Å². The van der Waals surface area contributed by atoms with Gasteiger partial charge in [-0.05, 0) is 58.5 Å². The highest BCUT2D eigenvalue weighted by atomic mass is 16.6. The Bertz CT molecular complexity index is 1500. The Morgan fingerprint density at radius 2 is 2.06 bits per heavy atom. The average Bonchev–Trinajstić information content (AvgIpc) is 3.19.